The number of nitrogens with zero attached hydrogens (tertiary/aromatic N) is 2. The molecular weight excluding hydrogens is 234 g/mol. The largest absolute Gasteiger partial charge is 0.360 e. The summed E-state index contributed by atoms with van der Waals surface area (Å²) in [6.45, 7) is 11.1. The van der Waals surface area contributed by atoms with Gasteiger partial charge in [-0.05, 0) is 64.9 Å². The Hall–Kier alpha value is -1.53. The van der Waals surface area contributed by atoms with Crippen LogP contribution < -0.4 is 10.2 Å². The summed E-state index contributed by atoms with van der Waals surface area (Å²) in [7, 11) is 0. The third-order valence-corrected chi connectivity index (χ3v) is 3.94. The van der Waals surface area contributed by atoms with Crippen molar-refractivity contribution in [2.75, 3.05) is 18.0 Å². The molecule has 0 unspecified atom stereocenters. The van der Waals surface area contributed by atoms with Crippen LogP contribution in [-0.2, 0) is 0 Å². The SMILES string of the molecule is CC1(C)CCNCC(C)(C)N1c1ccc(C#N)cc1. The topological polar surface area (TPSA) is 39.1 Å². The number of rotatable bonds is 1. The van der Waals surface area contributed by atoms with Gasteiger partial charge in [-0.2, -0.15) is 5.26 Å². The maximum Gasteiger partial charge on any atom is 0.0991 e. The van der Waals surface area contributed by atoms with Gasteiger partial charge in [0.05, 0.1) is 11.6 Å². The van der Waals surface area contributed by atoms with Crippen molar-refractivity contribution in [1.29, 1.82) is 5.26 Å². The monoisotopic (exact) mass is 257 g/mol. The zero-order chi connectivity index (χ0) is 14.1. The van der Waals surface area contributed by atoms with Crippen molar-refractivity contribution in [1.82, 2.24) is 5.32 Å². The summed E-state index contributed by atoms with van der Waals surface area (Å²) in [6.07, 6.45) is 1.11. The summed E-state index contributed by atoms with van der Waals surface area (Å²) in [6, 6.07) is 10.1. The van der Waals surface area contributed by atoms with E-state index in [2.05, 4.69) is 56.1 Å². The predicted molar refractivity (Wildman–Crippen MR) is 79.3 cm³/mol. The van der Waals surface area contributed by atoms with Gasteiger partial charge in [0, 0.05) is 23.3 Å². The first-order valence-electron chi connectivity index (χ1n) is 6.88. The number of benzene rings is 1. The maximum atomic E-state index is 8.92. The van der Waals surface area contributed by atoms with Gasteiger partial charge >= 0.3 is 0 Å². The molecule has 2 rings (SSSR count). The number of anilines is 1. The average molecular weight is 257 g/mol. The van der Waals surface area contributed by atoms with Crippen molar-refractivity contribution in [3.05, 3.63) is 29.8 Å². The van der Waals surface area contributed by atoms with E-state index in [9.17, 15) is 0 Å². The second-order valence-electron chi connectivity index (χ2n) is 6.55. The van der Waals surface area contributed by atoms with E-state index in [0.717, 1.165) is 19.5 Å². The fourth-order valence-corrected chi connectivity index (χ4v) is 3.18. The van der Waals surface area contributed by atoms with Crippen LogP contribution in [0.4, 0.5) is 5.69 Å². The molecule has 1 saturated heterocycles. The molecule has 102 valence electrons. The van der Waals surface area contributed by atoms with Gasteiger partial charge in [-0.25, -0.2) is 0 Å². The number of hydrogen-bond donors (Lipinski definition) is 1. The van der Waals surface area contributed by atoms with E-state index in [1.807, 2.05) is 12.1 Å². The molecule has 0 bridgehead atoms. The molecular formula is C16H23N3. The first kappa shape index (κ1) is 13.9. The van der Waals surface area contributed by atoms with E-state index in [0.29, 0.717) is 5.56 Å². The van der Waals surface area contributed by atoms with E-state index in [1.54, 1.807) is 0 Å². The molecule has 0 spiro atoms. The number of hydrogen-bond acceptors (Lipinski definition) is 3. The van der Waals surface area contributed by atoms with Crippen molar-refractivity contribution in [2.24, 2.45) is 0 Å². The van der Waals surface area contributed by atoms with Gasteiger partial charge < -0.3 is 10.2 Å². The van der Waals surface area contributed by atoms with E-state index < -0.39 is 0 Å². The fourth-order valence-electron chi connectivity index (χ4n) is 3.18. The molecule has 19 heavy (non-hydrogen) atoms. The summed E-state index contributed by atoms with van der Waals surface area (Å²) in [4.78, 5) is 2.49. The first-order valence-corrected chi connectivity index (χ1v) is 6.88. The molecule has 3 heteroatoms. The zero-order valence-electron chi connectivity index (χ0n) is 12.3. The highest BCUT2D eigenvalue weighted by atomic mass is 15.3. The molecule has 0 aliphatic carbocycles. The Morgan fingerprint density at radius 3 is 2.32 bits per heavy atom. The lowest BCUT2D eigenvalue weighted by molar-refractivity contribution is 0.357. The molecule has 3 nitrogen and oxygen atoms in total. The molecule has 1 heterocycles. The van der Waals surface area contributed by atoms with Crippen LogP contribution in [0.3, 0.4) is 0 Å². The lowest BCUT2D eigenvalue weighted by atomic mass is 9.91. The second-order valence-corrected chi connectivity index (χ2v) is 6.55. The Kier molecular flexibility index (Phi) is 3.56. The minimum Gasteiger partial charge on any atom is -0.360 e. The number of nitriles is 1. The van der Waals surface area contributed by atoms with E-state index in [4.69, 9.17) is 5.26 Å². The van der Waals surface area contributed by atoms with E-state index in [1.165, 1.54) is 5.69 Å². The third kappa shape index (κ3) is 2.74. The molecule has 0 amide bonds. The fraction of sp³-hybridized carbons (Fsp3) is 0.562. The molecule has 1 fully saturated rings. The number of nitrogens with one attached hydrogen (secondary N) is 1. The van der Waals surface area contributed by atoms with Crippen molar-refractivity contribution >= 4 is 5.69 Å². The molecule has 1 aliphatic rings. The summed E-state index contributed by atoms with van der Waals surface area (Å²) in [5.41, 5.74) is 2.06. The Balaban J connectivity index is 2.44. The summed E-state index contributed by atoms with van der Waals surface area (Å²) in [5, 5.41) is 12.4. The van der Waals surface area contributed by atoms with Gasteiger partial charge in [-0.15, -0.1) is 0 Å². The van der Waals surface area contributed by atoms with Crippen molar-refractivity contribution < 1.29 is 0 Å². The van der Waals surface area contributed by atoms with Crippen molar-refractivity contribution in [2.45, 2.75) is 45.2 Å². The first-order chi connectivity index (χ1) is 8.87. The van der Waals surface area contributed by atoms with Gasteiger partial charge in [-0.3, -0.25) is 0 Å². The van der Waals surface area contributed by atoms with Crippen LogP contribution in [0.2, 0.25) is 0 Å². The standard InChI is InChI=1S/C16H23N3/c1-15(2)9-10-18-12-16(3,4)19(15)14-7-5-13(11-17)6-8-14/h5-8,18H,9-10,12H2,1-4H3. The Labute approximate surface area is 116 Å². The van der Waals surface area contributed by atoms with Gasteiger partial charge in [-0.1, -0.05) is 0 Å². The normalized spacial score (nSPS) is 21.5. The lowest BCUT2D eigenvalue weighted by Crippen LogP contribution is -2.57. The van der Waals surface area contributed by atoms with Crippen LogP contribution >= 0.6 is 0 Å². The quantitative estimate of drug-likeness (QED) is 0.840. The van der Waals surface area contributed by atoms with Crippen molar-refractivity contribution in [3.8, 4) is 6.07 Å². The Bertz CT molecular complexity index is 462. The minimum absolute atomic E-state index is 0.0498. The minimum atomic E-state index is 0.0498. The lowest BCUT2D eigenvalue weighted by Gasteiger charge is -2.49. The molecule has 0 saturated carbocycles. The van der Waals surface area contributed by atoms with E-state index >= 15 is 0 Å². The molecule has 1 aromatic rings. The Morgan fingerprint density at radius 2 is 1.74 bits per heavy atom. The summed E-state index contributed by atoms with van der Waals surface area (Å²) < 4.78 is 0. The van der Waals surface area contributed by atoms with Gasteiger partial charge in [0.15, 0.2) is 0 Å². The summed E-state index contributed by atoms with van der Waals surface area (Å²) >= 11 is 0. The van der Waals surface area contributed by atoms with Crippen LogP contribution in [0.25, 0.3) is 0 Å². The molecule has 0 aromatic heterocycles. The van der Waals surface area contributed by atoms with Crippen LogP contribution in [0.5, 0.6) is 0 Å². The van der Waals surface area contributed by atoms with Crippen LogP contribution in [0.15, 0.2) is 24.3 Å². The average Bonchev–Trinajstić information content (AvgIpc) is 2.45. The smallest absolute Gasteiger partial charge is 0.0991 e. The van der Waals surface area contributed by atoms with Gasteiger partial charge in [0.25, 0.3) is 0 Å². The molecule has 0 atom stereocenters. The molecule has 1 N–H and O–H groups in total. The zero-order valence-corrected chi connectivity index (χ0v) is 12.3. The van der Waals surface area contributed by atoms with Crippen LogP contribution in [0, 0.1) is 11.3 Å². The van der Waals surface area contributed by atoms with Crippen molar-refractivity contribution in [3.63, 3.8) is 0 Å². The van der Waals surface area contributed by atoms with Crippen LogP contribution in [-0.4, -0.2) is 24.2 Å². The highest BCUT2D eigenvalue weighted by Crippen LogP contribution is 2.35. The highest BCUT2D eigenvalue weighted by molar-refractivity contribution is 5.54. The second kappa shape index (κ2) is 4.86. The van der Waals surface area contributed by atoms with Crippen LogP contribution in [0.1, 0.15) is 39.7 Å². The highest BCUT2D eigenvalue weighted by Gasteiger charge is 2.39. The van der Waals surface area contributed by atoms with Gasteiger partial charge in [0.1, 0.15) is 0 Å². The molecule has 0 radical (unpaired) electrons. The maximum absolute atomic E-state index is 8.92. The van der Waals surface area contributed by atoms with E-state index in [-0.39, 0.29) is 11.1 Å². The molecule has 1 aromatic carbocycles. The Morgan fingerprint density at radius 1 is 1.11 bits per heavy atom. The third-order valence-electron chi connectivity index (χ3n) is 3.94. The predicted octanol–water partition coefficient (Wildman–Crippen LogP) is 2.92. The summed E-state index contributed by atoms with van der Waals surface area (Å²) in [5.74, 6) is 0. The molecule has 1 aliphatic heterocycles. The van der Waals surface area contributed by atoms with Gasteiger partial charge in [0.2, 0.25) is 0 Å².